The third-order valence-electron chi connectivity index (χ3n) is 7.13. The summed E-state index contributed by atoms with van der Waals surface area (Å²) in [7, 11) is 1.88. The van der Waals surface area contributed by atoms with Crippen LogP contribution in [0.15, 0.2) is 48.7 Å². The van der Waals surface area contributed by atoms with Gasteiger partial charge in [0.15, 0.2) is 0 Å². The molecule has 1 amide bonds. The lowest BCUT2D eigenvalue weighted by molar-refractivity contribution is 0.0598. The van der Waals surface area contributed by atoms with E-state index in [0.717, 1.165) is 68.1 Å². The van der Waals surface area contributed by atoms with Crippen molar-refractivity contribution in [1.29, 1.82) is 0 Å². The van der Waals surface area contributed by atoms with Crippen LogP contribution < -0.4 is 10.6 Å². The Morgan fingerprint density at radius 3 is 2.37 bits per heavy atom. The Labute approximate surface area is 207 Å². The molecule has 3 aromatic rings. The van der Waals surface area contributed by atoms with Crippen molar-refractivity contribution in [3.63, 3.8) is 0 Å². The summed E-state index contributed by atoms with van der Waals surface area (Å²) in [5.41, 5.74) is 7.60. The molecule has 7 nitrogen and oxygen atoms in total. The van der Waals surface area contributed by atoms with E-state index in [1.807, 2.05) is 42.4 Å². The van der Waals surface area contributed by atoms with E-state index < -0.39 is 0 Å². The lowest BCUT2D eigenvalue weighted by Crippen LogP contribution is -2.48. The summed E-state index contributed by atoms with van der Waals surface area (Å²) < 4.78 is 0. The van der Waals surface area contributed by atoms with E-state index in [2.05, 4.69) is 52.6 Å². The first-order chi connectivity index (χ1) is 17.0. The van der Waals surface area contributed by atoms with Crippen LogP contribution >= 0.6 is 0 Å². The van der Waals surface area contributed by atoms with E-state index in [1.54, 1.807) is 0 Å². The first-order valence-corrected chi connectivity index (χ1v) is 12.5. The number of anilines is 3. The predicted octanol–water partition coefficient (Wildman–Crippen LogP) is 4.54. The number of hydrogen-bond donors (Lipinski definition) is 2. The van der Waals surface area contributed by atoms with Gasteiger partial charge in [-0.25, -0.2) is 9.97 Å². The summed E-state index contributed by atoms with van der Waals surface area (Å²) in [5, 5.41) is 6.47. The van der Waals surface area contributed by atoms with Crippen molar-refractivity contribution >= 4 is 23.2 Å². The molecule has 0 aliphatic carbocycles. The summed E-state index contributed by atoms with van der Waals surface area (Å²) in [5.74, 6) is 0.795. The second-order valence-electron chi connectivity index (χ2n) is 9.74. The number of benzene rings is 2. The van der Waals surface area contributed by atoms with E-state index in [-0.39, 0.29) is 5.91 Å². The molecular formula is C28H34N6O. The van der Waals surface area contributed by atoms with Crippen molar-refractivity contribution in [2.45, 2.75) is 45.7 Å². The number of carbonyl (C=O) groups is 1. The molecule has 2 aliphatic rings. The molecule has 182 valence electrons. The van der Waals surface area contributed by atoms with Crippen LogP contribution in [0.5, 0.6) is 0 Å². The number of aryl methyl sites for hydroxylation is 2. The molecule has 1 aromatic heterocycles. The zero-order chi connectivity index (χ0) is 24.4. The van der Waals surface area contributed by atoms with Crippen molar-refractivity contribution in [1.82, 2.24) is 19.8 Å². The fourth-order valence-corrected chi connectivity index (χ4v) is 5.28. The molecule has 0 radical (unpaired) electrons. The summed E-state index contributed by atoms with van der Waals surface area (Å²) >= 11 is 0. The fraction of sp³-hybridized carbons (Fsp3) is 0.393. The van der Waals surface area contributed by atoms with Crippen LogP contribution in [0.25, 0.3) is 0 Å². The normalized spacial score (nSPS) is 16.6. The Kier molecular flexibility index (Phi) is 6.68. The van der Waals surface area contributed by atoms with Gasteiger partial charge in [0.25, 0.3) is 5.91 Å². The number of carbonyl (C=O) groups excluding carboxylic acids is 1. The van der Waals surface area contributed by atoms with Crippen LogP contribution in [0, 0.1) is 13.8 Å². The van der Waals surface area contributed by atoms with Gasteiger partial charge in [0, 0.05) is 74.4 Å². The monoisotopic (exact) mass is 470 g/mol. The first-order valence-electron chi connectivity index (χ1n) is 12.5. The maximum absolute atomic E-state index is 12.9. The second kappa shape index (κ2) is 10.0. The topological polar surface area (TPSA) is 73.4 Å². The van der Waals surface area contributed by atoms with Crippen molar-refractivity contribution in [2.75, 3.05) is 37.3 Å². The molecule has 1 saturated heterocycles. The van der Waals surface area contributed by atoms with Crippen LogP contribution in [0.1, 0.15) is 45.6 Å². The van der Waals surface area contributed by atoms with Gasteiger partial charge < -0.3 is 15.5 Å². The zero-order valence-corrected chi connectivity index (χ0v) is 20.8. The number of likely N-dealkylation sites (tertiary alicyclic amines) is 1. The van der Waals surface area contributed by atoms with Gasteiger partial charge in [-0.3, -0.25) is 9.69 Å². The Morgan fingerprint density at radius 2 is 1.69 bits per heavy atom. The van der Waals surface area contributed by atoms with Crippen LogP contribution in [0.2, 0.25) is 0 Å². The summed E-state index contributed by atoms with van der Waals surface area (Å²) in [6.07, 6.45) is 4.91. The molecule has 0 atom stereocenters. The van der Waals surface area contributed by atoms with Crippen molar-refractivity contribution in [3.05, 3.63) is 76.6 Å². The fourth-order valence-electron chi connectivity index (χ4n) is 5.28. The Hall–Kier alpha value is -3.45. The van der Waals surface area contributed by atoms with Crippen molar-refractivity contribution in [2.24, 2.45) is 0 Å². The minimum absolute atomic E-state index is 0.132. The van der Waals surface area contributed by atoms with Gasteiger partial charge in [-0.05, 0) is 74.2 Å². The molecule has 1 fully saturated rings. The molecule has 35 heavy (non-hydrogen) atoms. The molecule has 0 bridgehead atoms. The molecule has 2 N–H and O–H groups in total. The van der Waals surface area contributed by atoms with E-state index in [4.69, 9.17) is 4.98 Å². The first kappa shape index (κ1) is 23.3. The van der Waals surface area contributed by atoms with Gasteiger partial charge in [0.05, 0.1) is 5.69 Å². The molecule has 5 rings (SSSR count). The van der Waals surface area contributed by atoms with Gasteiger partial charge in [-0.15, -0.1) is 0 Å². The number of amides is 1. The summed E-state index contributed by atoms with van der Waals surface area (Å²) in [4.78, 5) is 26.9. The lowest BCUT2D eigenvalue weighted by Gasteiger charge is -2.40. The molecular weight excluding hydrogens is 436 g/mol. The molecule has 0 unspecified atom stereocenters. The highest BCUT2D eigenvalue weighted by atomic mass is 16.2. The van der Waals surface area contributed by atoms with Crippen LogP contribution in [0.3, 0.4) is 0 Å². The maximum Gasteiger partial charge on any atom is 0.253 e. The number of hydrogen-bond acceptors (Lipinski definition) is 6. The summed E-state index contributed by atoms with van der Waals surface area (Å²) in [6, 6.07) is 14.6. The van der Waals surface area contributed by atoms with Crippen molar-refractivity contribution < 1.29 is 4.79 Å². The minimum Gasteiger partial charge on any atom is -0.388 e. The average Bonchev–Trinajstić information content (AvgIpc) is 2.87. The van der Waals surface area contributed by atoms with Crippen LogP contribution in [0.4, 0.5) is 17.3 Å². The van der Waals surface area contributed by atoms with E-state index in [0.29, 0.717) is 12.0 Å². The second-order valence-corrected chi connectivity index (χ2v) is 9.74. The quantitative estimate of drug-likeness (QED) is 0.570. The van der Waals surface area contributed by atoms with Gasteiger partial charge in [-0.1, -0.05) is 6.07 Å². The third kappa shape index (κ3) is 5.30. The van der Waals surface area contributed by atoms with E-state index in [1.165, 1.54) is 16.7 Å². The SMILES string of the molecule is CNc1ccc(C(=O)N2CCC(N3CCc4nc(Nc5cc(C)cc(C)c5)ncc4C3)CC2)cc1. The van der Waals surface area contributed by atoms with Gasteiger partial charge in [0.2, 0.25) is 5.95 Å². The number of piperidine rings is 1. The summed E-state index contributed by atoms with van der Waals surface area (Å²) in [6.45, 7) is 7.68. The minimum atomic E-state index is 0.132. The van der Waals surface area contributed by atoms with E-state index in [9.17, 15) is 4.79 Å². The van der Waals surface area contributed by atoms with Gasteiger partial charge >= 0.3 is 0 Å². The smallest absolute Gasteiger partial charge is 0.253 e. The Morgan fingerprint density at radius 1 is 0.971 bits per heavy atom. The Bertz CT molecular complexity index is 1180. The van der Waals surface area contributed by atoms with Gasteiger partial charge in [-0.2, -0.15) is 0 Å². The van der Waals surface area contributed by atoms with Crippen LogP contribution in [-0.2, 0) is 13.0 Å². The number of aromatic nitrogens is 2. The lowest BCUT2D eigenvalue weighted by atomic mass is 9.98. The number of nitrogens with zero attached hydrogens (tertiary/aromatic N) is 4. The largest absolute Gasteiger partial charge is 0.388 e. The predicted molar refractivity (Wildman–Crippen MR) is 140 cm³/mol. The Balaban J connectivity index is 1.17. The van der Waals surface area contributed by atoms with E-state index >= 15 is 0 Å². The third-order valence-corrected chi connectivity index (χ3v) is 7.13. The number of fused-ring (bicyclic) bond motifs is 1. The highest BCUT2D eigenvalue weighted by molar-refractivity contribution is 5.94. The highest BCUT2D eigenvalue weighted by Crippen LogP contribution is 2.26. The number of nitrogens with one attached hydrogen (secondary N) is 2. The molecule has 2 aromatic carbocycles. The standard InChI is InChI=1S/C28H34N6O/c1-19-14-20(2)16-24(15-19)31-28-30-17-22-18-34(13-10-26(22)32-28)25-8-11-33(12-9-25)27(35)21-4-6-23(29-3)7-5-21/h4-7,14-17,25,29H,8-13,18H2,1-3H3,(H,30,31,32). The maximum atomic E-state index is 12.9. The molecule has 2 aliphatic heterocycles. The van der Waals surface area contributed by atoms with Crippen LogP contribution in [-0.4, -0.2) is 58.4 Å². The zero-order valence-electron chi connectivity index (χ0n) is 20.8. The van der Waals surface area contributed by atoms with Gasteiger partial charge in [0.1, 0.15) is 0 Å². The highest BCUT2D eigenvalue weighted by Gasteiger charge is 2.30. The molecule has 0 saturated carbocycles. The average molecular weight is 471 g/mol. The number of rotatable bonds is 5. The van der Waals surface area contributed by atoms with Crippen molar-refractivity contribution in [3.8, 4) is 0 Å². The molecule has 3 heterocycles. The molecule has 0 spiro atoms. The molecule has 7 heteroatoms.